The van der Waals surface area contributed by atoms with Gasteiger partial charge in [-0.05, 0) is 61.6 Å². The zero-order valence-corrected chi connectivity index (χ0v) is 20.7. The molecule has 0 saturated heterocycles. The average Bonchev–Trinajstić information content (AvgIpc) is 3.35. The number of hydrogen-bond acceptors (Lipinski definition) is 7. The predicted octanol–water partition coefficient (Wildman–Crippen LogP) is 5.38. The van der Waals surface area contributed by atoms with Crippen LogP contribution in [0, 0.1) is 0 Å². The molecular weight excluding hydrogens is 452 g/mol. The number of ether oxygens (including phenoxy) is 2. The van der Waals surface area contributed by atoms with Crippen LogP contribution in [0.25, 0.3) is 17.0 Å². The molecule has 8 nitrogen and oxygen atoms in total. The first-order chi connectivity index (χ1) is 16.5. The van der Waals surface area contributed by atoms with Crippen LogP contribution in [0.15, 0.2) is 57.6 Å². The van der Waals surface area contributed by atoms with E-state index in [0.717, 1.165) is 33.7 Å². The van der Waals surface area contributed by atoms with E-state index in [9.17, 15) is 4.79 Å². The lowest BCUT2D eigenvalue weighted by Crippen LogP contribution is -2.46. The van der Waals surface area contributed by atoms with Gasteiger partial charge in [0.05, 0.1) is 25.8 Å². The van der Waals surface area contributed by atoms with Gasteiger partial charge in [-0.2, -0.15) is 4.98 Å². The number of nitrogens with zero attached hydrogens (tertiary/aromatic N) is 3. The summed E-state index contributed by atoms with van der Waals surface area (Å²) in [7, 11) is 3.17. The number of allylic oxidation sites excluding steroid dienone is 1. The van der Waals surface area contributed by atoms with Gasteiger partial charge < -0.3 is 19.3 Å². The van der Waals surface area contributed by atoms with Crippen LogP contribution in [-0.4, -0.2) is 48.1 Å². The van der Waals surface area contributed by atoms with Gasteiger partial charge in [-0.1, -0.05) is 18.1 Å². The maximum absolute atomic E-state index is 13.0. The SMILES string of the molecule is CCCN1C(=O)NC(c2ccc(OC)c(OC)c2)C(c2nc(-c3ccc(SC)cc3)no2)=C1C. The van der Waals surface area contributed by atoms with Crippen LogP contribution < -0.4 is 14.8 Å². The molecule has 1 aliphatic heterocycles. The molecule has 1 atom stereocenters. The van der Waals surface area contributed by atoms with Crippen molar-refractivity contribution in [3.8, 4) is 22.9 Å². The summed E-state index contributed by atoms with van der Waals surface area (Å²) in [6, 6.07) is 12.9. The molecule has 1 unspecified atom stereocenters. The van der Waals surface area contributed by atoms with Crippen molar-refractivity contribution in [3.05, 3.63) is 59.6 Å². The molecule has 2 amide bonds. The van der Waals surface area contributed by atoms with Gasteiger partial charge in [0.1, 0.15) is 0 Å². The van der Waals surface area contributed by atoms with Gasteiger partial charge in [0.2, 0.25) is 5.82 Å². The summed E-state index contributed by atoms with van der Waals surface area (Å²) in [4.78, 5) is 20.6. The fourth-order valence-electron chi connectivity index (χ4n) is 4.02. The molecule has 0 spiro atoms. The summed E-state index contributed by atoms with van der Waals surface area (Å²) in [5.74, 6) is 2.04. The Bertz CT molecular complexity index is 1210. The van der Waals surface area contributed by atoms with E-state index >= 15 is 0 Å². The van der Waals surface area contributed by atoms with E-state index in [0.29, 0.717) is 29.8 Å². The quantitative estimate of drug-likeness (QED) is 0.433. The molecular formula is C25H28N4O4S. The van der Waals surface area contributed by atoms with Crippen molar-refractivity contribution in [2.24, 2.45) is 0 Å². The highest BCUT2D eigenvalue weighted by Gasteiger charge is 2.35. The molecule has 178 valence electrons. The number of amides is 2. The number of methoxy groups -OCH3 is 2. The fraction of sp³-hybridized carbons (Fsp3) is 0.320. The molecule has 2 aromatic carbocycles. The smallest absolute Gasteiger partial charge is 0.322 e. The molecule has 0 fully saturated rings. The van der Waals surface area contributed by atoms with Gasteiger partial charge in [-0.25, -0.2) is 4.79 Å². The molecule has 1 aromatic heterocycles. The number of urea groups is 1. The standard InChI is InChI=1S/C25H28N4O4S/c1-6-13-29-15(2)21(24-27-23(28-33-24)16-7-10-18(34-5)11-8-16)22(26-25(29)30)17-9-12-19(31-3)20(14-17)32-4/h7-12,14,22H,6,13H2,1-5H3,(H,26,30). The van der Waals surface area contributed by atoms with Crippen LogP contribution in [0.4, 0.5) is 4.79 Å². The Morgan fingerprint density at radius 2 is 1.85 bits per heavy atom. The Hall–Kier alpha value is -3.46. The minimum atomic E-state index is -0.493. The van der Waals surface area contributed by atoms with E-state index in [1.807, 2.05) is 62.6 Å². The molecule has 9 heteroatoms. The number of rotatable bonds is 8. The molecule has 0 saturated carbocycles. The molecule has 4 rings (SSSR count). The lowest BCUT2D eigenvalue weighted by Gasteiger charge is -2.35. The van der Waals surface area contributed by atoms with Crippen molar-refractivity contribution in [2.75, 3.05) is 27.0 Å². The Balaban J connectivity index is 1.80. The van der Waals surface area contributed by atoms with E-state index in [1.165, 1.54) is 0 Å². The highest BCUT2D eigenvalue weighted by atomic mass is 32.2. The number of hydrogen-bond donors (Lipinski definition) is 1. The molecule has 1 aliphatic rings. The van der Waals surface area contributed by atoms with Crippen LogP contribution in [0.2, 0.25) is 0 Å². The first kappa shape index (κ1) is 23.7. The topological polar surface area (TPSA) is 89.7 Å². The van der Waals surface area contributed by atoms with E-state index in [1.54, 1.807) is 30.9 Å². The van der Waals surface area contributed by atoms with Gasteiger partial charge in [0.15, 0.2) is 11.5 Å². The number of carbonyl (C=O) groups is 1. The molecule has 3 aromatic rings. The maximum atomic E-state index is 13.0. The Morgan fingerprint density at radius 3 is 2.50 bits per heavy atom. The Kier molecular flexibility index (Phi) is 7.12. The van der Waals surface area contributed by atoms with Crippen molar-refractivity contribution in [1.82, 2.24) is 20.4 Å². The maximum Gasteiger partial charge on any atom is 0.322 e. The molecule has 1 N–H and O–H groups in total. The number of aromatic nitrogens is 2. The highest BCUT2D eigenvalue weighted by molar-refractivity contribution is 7.98. The monoisotopic (exact) mass is 480 g/mol. The average molecular weight is 481 g/mol. The summed E-state index contributed by atoms with van der Waals surface area (Å²) in [5.41, 5.74) is 3.21. The minimum Gasteiger partial charge on any atom is -0.493 e. The van der Waals surface area contributed by atoms with E-state index in [-0.39, 0.29) is 6.03 Å². The molecule has 0 aliphatic carbocycles. The van der Waals surface area contributed by atoms with Crippen molar-refractivity contribution >= 4 is 23.4 Å². The zero-order valence-electron chi connectivity index (χ0n) is 19.9. The van der Waals surface area contributed by atoms with Crippen LogP contribution in [0.1, 0.15) is 37.8 Å². The third kappa shape index (κ3) is 4.48. The number of carbonyl (C=O) groups excluding carboxylic acids is 1. The normalized spacial score (nSPS) is 16.0. The second-order valence-electron chi connectivity index (χ2n) is 7.80. The number of nitrogens with one attached hydrogen (secondary N) is 1. The molecule has 2 heterocycles. The zero-order chi connectivity index (χ0) is 24.2. The van der Waals surface area contributed by atoms with Gasteiger partial charge >= 0.3 is 6.03 Å². The van der Waals surface area contributed by atoms with Crippen molar-refractivity contribution in [2.45, 2.75) is 31.2 Å². The third-order valence-electron chi connectivity index (χ3n) is 5.79. The van der Waals surface area contributed by atoms with Gasteiger partial charge in [0.25, 0.3) is 5.89 Å². The summed E-state index contributed by atoms with van der Waals surface area (Å²) in [6.45, 7) is 4.52. The molecule has 34 heavy (non-hydrogen) atoms. The van der Waals surface area contributed by atoms with Crippen LogP contribution in [0.3, 0.4) is 0 Å². The molecule has 0 radical (unpaired) electrons. The predicted molar refractivity (Wildman–Crippen MR) is 132 cm³/mol. The van der Waals surface area contributed by atoms with Gasteiger partial charge in [-0.15, -0.1) is 11.8 Å². The number of benzene rings is 2. The third-order valence-corrected chi connectivity index (χ3v) is 6.53. The number of thioether (sulfide) groups is 1. The fourth-order valence-corrected chi connectivity index (χ4v) is 4.43. The minimum absolute atomic E-state index is 0.171. The first-order valence-corrected chi connectivity index (χ1v) is 12.2. The summed E-state index contributed by atoms with van der Waals surface area (Å²) >= 11 is 1.67. The first-order valence-electron chi connectivity index (χ1n) is 11.0. The summed E-state index contributed by atoms with van der Waals surface area (Å²) in [5, 5.41) is 7.33. The van der Waals surface area contributed by atoms with Gasteiger partial charge in [-0.3, -0.25) is 4.90 Å². The summed E-state index contributed by atoms with van der Waals surface area (Å²) < 4.78 is 16.6. The van der Waals surface area contributed by atoms with Crippen molar-refractivity contribution in [3.63, 3.8) is 0 Å². The van der Waals surface area contributed by atoms with Crippen molar-refractivity contribution in [1.29, 1.82) is 0 Å². The lowest BCUT2D eigenvalue weighted by atomic mass is 9.94. The second-order valence-corrected chi connectivity index (χ2v) is 8.68. The van der Waals surface area contributed by atoms with Crippen LogP contribution >= 0.6 is 11.8 Å². The molecule has 0 bridgehead atoms. The summed E-state index contributed by atoms with van der Waals surface area (Å²) in [6.07, 6.45) is 2.85. The van der Waals surface area contributed by atoms with Crippen molar-refractivity contribution < 1.29 is 18.8 Å². The second kappa shape index (κ2) is 10.2. The van der Waals surface area contributed by atoms with Crippen LogP contribution in [0.5, 0.6) is 11.5 Å². The highest BCUT2D eigenvalue weighted by Crippen LogP contribution is 2.40. The Labute approximate surface area is 203 Å². The Morgan fingerprint density at radius 1 is 1.12 bits per heavy atom. The lowest BCUT2D eigenvalue weighted by molar-refractivity contribution is 0.205. The largest absolute Gasteiger partial charge is 0.493 e. The van der Waals surface area contributed by atoms with Gasteiger partial charge in [0, 0.05) is 22.7 Å². The van der Waals surface area contributed by atoms with E-state index in [4.69, 9.17) is 19.0 Å². The van der Waals surface area contributed by atoms with E-state index in [2.05, 4.69) is 10.5 Å². The van der Waals surface area contributed by atoms with E-state index < -0.39 is 6.04 Å². The van der Waals surface area contributed by atoms with Crippen LogP contribution in [-0.2, 0) is 0 Å².